The second-order valence-electron chi connectivity index (χ2n) is 4.92. The molecule has 2 rings (SSSR count). The van der Waals surface area contributed by atoms with Crippen LogP contribution < -0.4 is 10.6 Å². The van der Waals surface area contributed by atoms with Gasteiger partial charge >= 0.3 is 0 Å². The van der Waals surface area contributed by atoms with Crippen LogP contribution in [0, 0.1) is 11.6 Å². The smallest absolute Gasteiger partial charge is 0.279 e. The molecule has 0 unspecified atom stereocenters. The molecular formula is C16H16BrF2N2O+. The normalized spacial score (nSPS) is 12.0. The van der Waals surface area contributed by atoms with Crippen molar-refractivity contribution < 1.29 is 18.9 Å². The maximum Gasteiger partial charge on any atom is 0.279 e. The highest BCUT2D eigenvalue weighted by Crippen LogP contribution is 2.20. The molecule has 2 aromatic rings. The van der Waals surface area contributed by atoms with E-state index in [1.54, 1.807) is 18.3 Å². The molecule has 0 radical (unpaired) electrons. The first kappa shape index (κ1) is 16.6. The number of carbonyl (C=O) groups excluding carboxylic acids is 1. The number of hydrogen-bond donors (Lipinski definition) is 2. The van der Waals surface area contributed by atoms with E-state index in [1.165, 1.54) is 12.1 Å². The zero-order chi connectivity index (χ0) is 16.1. The molecule has 0 heterocycles. The highest BCUT2D eigenvalue weighted by Gasteiger charge is 2.16. The number of hydrogen-bond acceptors (Lipinski definition) is 1. The van der Waals surface area contributed by atoms with E-state index in [0.29, 0.717) is 11.3 Å². The van der Waals surface area contributed by atoms with Crippen LogP contribution in [-0.2, 0) is 4.79 Å². The number of carbonyl (C=O) groups is 1. The zero-order valence-electron chi connectivity index (χ0n) is 11.9. The summed E-state index contributed by atoms with van der Waals surface area (Å²) in [6, 6.07) is 10.5. The summed E-state index contributed by atoms with van der Waals surface area (Å²) in [4.78, 5) is 11.9. The minimum absolute atomic E-state index is 0.138. The van der Waals surface area contributed by atoms with E-state index in [1.807, 2.05) is 18.2 Å². The van der Waals surface area contributed by atoms with E-state index in [4.69, 9.17) is 0 Å². The first-order valence-electron chi connectivity index (χ1n) is 6.80. The standard InChI is InChI=1S/C16H15BrF2N2O/c1-10(12-7-6-11(18)8-14(12)19)20-9-16(22)21-15-5-3-2-4-13(15)17/h2-8,10,20H,9H2,1H3,(H,21,22)/p+1/t10-/m1/s1. The Balaban J connectivity index is 1.92. The summed E-state index contributed by atoms with van der Waals surface area (Å²) in [5.41, 5.74) is 1.05. The molecule has 0 saturated heterocycles. The van der Waals surface area contributed by atoms with Crippen LogP contribution in [0.3, 0.4) is 0 Å². The predicted molar refractivity (Wildman–Crippen MR) is 84.3 cm³/mol. The summed E-state index contributed by atoms with van der Waals surface area (Å²) in [7, 11) is 0. The summed E-state index contributed by atoms with van der Waals surface area (Å²) in [5, 5.41) is 4.47. The second kappa shape index (κ2) is 7.47. The molecule has 0 aliphatic carbocycles. The van der Waals surface area contributed by atoms with Crippen LogP contribution in [0.4, 0.5) is 14.5 Å². The van der Waals surface area contributed by atoms with Gasteiger partial charge in [-0.3, -0.25) is 4.79 Å². The van der Waals surface area contributed by atoms with E-state index in [0.717, 1.165) is 10.5 Å². The van der Waals surface area contributed by atoms with Gasteiger partial charge < -0.3 is 10.6 Å². The molecule has 0 aliphatic rings. The van der Waals surface area contributed by atoms with Crippen LogP contribution in [0.5, 0.6) is 0 Å². The lowest BCUT2D eigenvalue weighted by Gasteiger charge is -2.12. The van der Waals surface area contributed by atoms with Crippen LogP contribution in [0.1, 0.15) is 18.5 Å². The van der Waals surface area contributed by atoms with E-state index < -0.39 is 11.6 Å². The Kier molecular flexibility index (Phi) is 5.63. The molecule has 1 atom stereocenters. The van der Waals surface area contributed by atoms with Crippen molar-refractivity contribution in [1.82, 2.24) is 0 Å². The topological polar surface area (TPSA) is 45.7 Å². The van der Waals surface area contributed by atoms with Gasteiger partial charge in [-0.05, 0) is 47.1 Å². The minimum atomic E-state index is -0.611. The first-order chi connectivity index (χ1) is 10.5. The molecule has 116 valence electrons. The third kappa shape index (κ3) is 4.35. The van der Waals surface area contributed by atoms with E-state index >= 15 is 0 Å². The number of nitrogens with one attached hydrogen (secondary N) is 1. The minimum Gasteiger partial charge on any atom is -0.332 e. The van der Waals surface area contributed by atoms with Gasteiger partial charge in [0.1, 0.15) is 17.7 Å². The summed E-state index contributed by atoms with van der Waals surface area (Å²) < 4.78 is 27.3. The van der Waals surface area contributed by atoms with Crippen molar-refractivity contribution in [2.24, 2.45) is 0 Å². The van der Waals surface area contributed by atoms with Crippen LogP contribution in [0.25, 0.3) is 0 Å². The summed E-state index contributed by atoms with van der Waals surface area (Å²) in [6.45, 7) is 1.90. The van der Waals surface area contributed by atoms with Gasteiger partial charge in [0.15, 0.2) is 6.54 Å². The SMILES string of the molecule is C[C@@H]([NH2+]CC(=O)Nc1ccccc1Br)c1ccc(F)cc1F. The van der Waals surface area contributed by atoms with Gasteiger partial charge in [0.25, 0.3) is 5.91 Å². The Morgan fingerprint density at radius 2 is 2.00 bits per heavy atom. The number of nitrogens with two attached hydrogens (primary N) is 1. The molecule has 22 heavy (non-hydrogen) atoms. The van der Waals surface area contributed by atoms with E-state index in [2.05, 4.69) is 21.2 Å². The van der Waals surface area contributed by atoms with Crippen molar-refractivity contribution in [2.45, 2.75) is 13.0 Å². The second-order valence-corrected chi connectivity index (χ2v) is 5.78. The number of benzene rings is 2. The third-order valence-electron chi connectivity index (χ3n) is 3.26. The molecule has 0 saturated carbocycles. The van der Waals surface area contributed by atoms with Crippen molar-refractivity contribution in [1.29, 1.82) is 0 Å². The fraction of sp³-hybridized carbons (Fsp3) is 0.188. The van der Waals surface area contributed by atoms with Crippen LogP contribution in [0.2, 0.25) is 0 Å². The molecule has 1 amide bonds. The van der Waals surface area contributed by atoms with Gasteiger partial charge in [-0.1, -0.05) is 12.1 Å². The quantitative estimate of drug-likeness (QED) is 0.835. The molecular weight excluding hydrogens is 354 g/mol. The number of amides is 1. The van der Waals surface area contributed by atoms with Gasteiger partial charge in [0.05, 0.1) is 5.69 Å². The molecule has 0 aromatic heterocycles. The maximum absolute atomic E-state index is 13.7. The summed E-state index contributed by atoms with van der Waals surface area (Å²) in [5.74, 6) is -1.41. The predicted octanol–water partition coefficient (Wildman–Crippen LogP) is 2.99. The van der Waals surface area contributed by atoms with Crippen LogP contribution >= 0.6 is 15.9 Å². The lowest BCUT2D eigenvalue weighted by Crippen LogP contribution is -2.86. The molecule has 2 aromatic carbocycles. The molecule has 6 heteroatoms. The van der Waals surface area contributed by atoms with Crippen LogP contribution in [-0.4, -0.2) is 12.5 Å². The molecule has 0 spiro atoms. The Hall–Kier alpha value is -1.79. The summed E-state index contributed by atoms with van der Waals surface area (Å²) >= 11 is 3.35. The molecule has 0 fully saturated rings. The number of halogens is 3. The fourth-order valence-corrected chi connectivity index (χ4v) is 2.43. The largest absolute Gasteiger partial charge is 0.332 e. The Labute approximate surface area is 135 Å². The van der Waals surface area contributed by atoms with E-state index in [-0.39, 0.29) is 18.5 Å². The Morgan fingerprint density at radius 1 is 1.27 bits per heavy atom. The van der Waals surface area contributed by atoms with Crippen LogP contribution in [0.15, 0.2) is 46.9 Å². The number of rotatable bonds is 5. The van der Waals surface area contributed by atoms with E-state index in [9.17, 15) is 13.6 Å². The first-order valence-corrected chi connectivity index (χ1v) is 7.59. The van der Waals surface area contributed by atoms with Crippen molar-refractivity contribution in [3.63, 3.8) is 0 Å². The fourth-order valence-electron chi connectivity index (χ4n) is 2.05. The van der Waals surface area contributed by atoms with Crippen molar-refractivity contribution >= 4 is 27.5 Å². The molecule has 0 aliphatic heterocycles. The Bertz CT molecular complexity index is 679. The lowest BCUT2D eigenvalue weighted by molar-refractivity contribution is -0.682. The molecule has 0 bridgehead atoms. The number of para-hydroxylation sites is 1. The zero-order valence-corrected chi connectivity index (χ0v) is 13.5. The molecule has 3 N–H and O–H groups in total. The maximum atomic E-state index is 13.7. The lowest BCUT2D eigenvalue weighted by atomic mass is 10.1. The Morgan fingerprint density at radius 3 is 2.68 bits per heavy atom. The van der Waals surface area contributed by atoms with Gasteiger partial charge in [-0.15, -0.1) is 0 Å². The van der Waals surface area contributed by atoms with Crippen molar-refractivity contribution in [2.75, 3.05) is 11.9 Å². The summed E-state index contributed by atoms with van der Waals surface area (Å²) in [6.07, 6.45) is 0. The van der Waals surface area contributed by atoms with Crippen molar-refractivity contribution in [3.05, 3.63) is 64.1 Å². The van der Waals surface area contributed by atoms with Crippen molar-refractivity contribution in [3.8, 4) is 0 Å². The highest BCUT2D eigenvalue weighted by molar-refractivity contribution is 9.10. The monoisotopic (exact) mass is 369 g/mol. The highest BCUT2D eigenvalue weighted by atomic mass is 79.9. The van der Waals surface area contributed by atoms with Gasteiger partial charge in [0, 0.05) is 16.1 Å². The van der Waals surface area contributed by atoms with Gasteiger partial charge in [-0.2, -0.15) is 0 Å². The van der Waals surface area contributed by atoms with Gasteiger partial charge in [0.2, 0.25) is 0 Å². The third-order valence-corrected chi connectivity index (χ3v) is 3.95. The van der Waals surface area contributed by atoms with Gasteiger partial charge in [-0.25, -0.2) is 8.78 Å². The molecule has 3 nitrogen and oxygen atoms in total. The number of anilines is 1. The number of quaternary nitrogens is 1. The average molecular weight is 370 g/mol. The average Bonchev–Trinajstić information content (AvgIpc) is 2.47.